The third-order valence-corrected chi connectivity index (χ3v) is 2.92. The van der Waals surface area contributed by atoms with E-state index in [-0.39, 0.29) is 13.0 Å². The zero-order valence-electron chi connectivity index (χ0n) is 8.36. The van der Waals surface area contributed by atoms with Gasteiger partial charge in [0.15, 0.2) is 0 Å². The summed E-state index contributed by atoms with van der Waals surface area (Å²) in [5, 5.41) is 0. The van der Waals surface area contributed by atoms with Crippen molar-refractivity contribution in [1.82, 2.24) is 0 Å². The van der Waals surface area contributed by atoms with Gasteiger partial charge in [0.25, 0.3) is 5.92 Å². The molecule has 78 valence electrons. The molecule has 1 saturated carbocycles. The van der Waals surface area contributed by atoms with Crippen molar-refractivity contribution in [2.75, 3.05) is 13.7 Å². The first kappa shape index (κ1) is 10.9. The Hall–Kier alpha value is -0.220. The highest BCUT2D eigenvalue weighted by molar-refractivity contribution is 5.12. The van der Waals surface area contributed by atoms with Crippen LogP contribution in [0, 0.1) is 5.41 Å². The molecule has 2 nitrogen and oxygen atoms in total. The zero-order chi connectivity index (χ0) is 10.3. The van der Waals surface area contributed by atoms with Crippen molar-refractivity contribution in [2.24, 2.45) is 11.1 Å². The molecule has 0 spiro atoms. The van der Waals surface area contributed by atoms with E-state index in [1.54, 1.807) is 13.8 Å². The number of ether oxygens (including phenoxy) is 1. The molecule has 1 unspecified atom stereocenters. The predicted octanol–water partition coefficient (Wildman–Crippen LogP) is 1.79. The number of halogens is 2. The molecule has 4 heteroatoms. The first-order chi connectivity index (χ1) is 5.79. The van der Waals surface area contributed by atoms with Gasteiger partial charge in [-0.2, -0.15) is 0 Å². The van der Waals surface area contributed by atoms with Crippen LogP contribution in [0.4, 0.5) is 8.78 Å². The molecule has 1 fully saturated rings. The third-order valence-electron chi connectivity index (χ3n) is 2.92. The zero-order valence-corrected chi connectivity index (χ0v) is 8.36. The summed E-state index contributed by atoms with van der Waals surface area (Å²) in [4.78, 5) is 0. The molecule has 1 atom stereocenters. The molecule has 1 aliphatic carbocycles. The molecule has 0 radical (unpaired) electrons. The van der Waals surface area contributed by atoms with Crippen LogP contribution in [0.15, 0.2) is 0 Å². The highest BCUT2D eigenvalue weighted by Gasteiger charge is 2.70. The van der Waals surface area contributed by atoms with Gasteiger partial charge in [0, 0.05) is 20.1 Å². The van der Waals surface area contributed by atoms with E-state index in [1.165, 1.54) is 7.11 Å². The van der Waals surface area contributed by atoms with Gasteiger partial charge in [-0.3, -0.25) is 0 Å². The van der Waals surface area contributed by atoms with Crippen molar-refractivity contribution in [1.29, 1.82) is 0 Å². The molecule has 0 aromatic carbocycles. The molecule has 2 N–H and O–H groups in total. The van der Waals surface area contributed by atoms with E-state index in [2.05, 4.69) is 0 Å². The second kappa shape index (κ2) is 2.89. The molecule has 13 heavy (non-hydrogen) atoms. The SMILES string of the molecule is COC(C)(C)CC1(CN)CC1(F)F. The molecule has 1 rings (SSSR count). The van der Waals surface area contributed by atoms with Crippen LogP contribution in [0.25, 0.3) is 0 Å². The fourth-order valence-corrected chi connectivity index (χ4v) is 1.75. The van der Waals surface area contributed by atoms with Crippen molar-refractivity contribution in [3.05, 3.63) is 0 Å². The van der Waals surface area contributed by atoms with Crippen molar-refractivity contribution >= 4 is 0 Å². The average Bonchev–Trinajstić information content (AvgIpc) is 2.53. The fourth-order valence-electron chi connectivity index (χ4n) is 1.75. The van der Waals surface area contributed by atoms with Crippen LogP contribution in [-0.2, 0) is 4.74 Å². The van der Waals surface area contributed by atoms with Gasteiger partial charge < -0.3 is 10.5 Å². The Balaban J connectivity index is 2.63. The van der Waals surface area contributed by atoms with Crippen LogP contribution in [0.1, 0.15) is 26.7 Å². The predicted molar refractivity (Wildman–Crippen MR) is 46.8 cm³/mol. The van der Waals surface area contributed by atoms with E-state index in [0.29, 0.717) is 6.42 Å². The number of hydrogen-bond donors (Lipinski definition) is 1. The Morgan fingerprint density at radius 2 is 1.92 bits per heavy atom. The summed E-state index contributed by atoms with van der Waals surface area (Å²) in [6.45, 7) is 3.64. The summed E-state index contributed by atoms with van der Waals surface area (Å²) >= 11 is 0. The molecule has 0 aromatic heterocycles. The van der Waals surface area contributed by atoms with Gasteiger partial charge in [-0.1, -0.05) is 0 Å². The Morgan fingerprint density at radius 3 is 2.15 bits per heavy atom. The first-order valence-electron chi connectivity index (χ1n) is 4.42. The van der Waals surface area contributed by atoms with Crippen molar-refractivity contribution in [3.63, 3.8) is 0 Å². The maximum atomic E-state index is 13.0. The maximum Gasteiger partial charge on any atom is 0.256 e. The van der Waals surface area contributed by atoms with E-state index in [0.717, 1.165) is 0 Å². The van der Waals surface area contributed by atoms with Gasteiger partial charge in [-0.15, -0.1) is 0 Å². The van der Waals surface area contributed by atoms with Gasteiger partial charge in [0.1, 0.15) is 0 Å². The molecule has 0 amide bonds. The van der Waals surface area contributed by atoms with E-state index in [1.807, 2.05) is 0 Å². The molecule has 0 saturated heterocycles. The monoisotopic (exact) mass is 193 g/mol. The number of rotatable bonds is 4. The lowest BCUT2D eigenvalue weighted by atomic mass is 9.90. The van der Waals surface area contributed by atoms with E-state index in [4.69, 9.17) is 10.5 Å². The fraction of sp³-hybridized carbons (Fsp3) is 1.00. The van der Waals surface area contributed by atoms with Crippen molar-refractivity contribution < 1.29 is 13.5 Å². The third kappa shape index (κ3) is 1.83. The summed E-state index contributed by atoms with van der Waals surface area (Å²) < 4.78 is 31.1. The van der Waals surface area contributed by atoms with Crippen LogP contribution in [-0.4, -0.2) is 25.2 Å². The smallest absolute Gasteiger partial charge is 0.256 e. The number of nitrogens with two attached hydrogens (primary N) is 1. The second-order valence-electron chi connectivity index (χ2n) is 4.51. The largest absolute Gasteiger partial charge is 0.379 e. The lowest BCUT2D eigenvalue weighted by molar-refractivity contribution is -0.0267. The molecule has 0 bridgehead atoms. The number of methoxy groups -OCH3 is 1. The van der Waals surface area contributed by atoms with E-state index in [9.17, 15) is 8.78 Å². The summed E-state index contributed by atoms with van der Waals surface area (Å²) in [5.74, 6) is -2.59. The molecule has 0 heterocycles. The lowest BCUT2D eigenvalue weighted by Gasteiger charge is -2.27. The van der Waals surface area contributed by atoms with Gasteiger partial charge in [-0.25, -0.2) is 8.78 Å². The van der Waals surface area contributed by atoms with Crippen LogP contribution in [0.3, 0.4) is 0 Å². The summed E-state index contributed by atoms with van der Waals surface area (Å²) in [6, 6.07) is 0. The van der Waals surface area contributed by atoms with Gasteiger partial charge >= 0.3 is 0 Å². The standard InChI is InChI=1S/C9H17F2NO/c1-7(2,13-3)4-8(6-12)5-9(8,10)11/h4-6,12H2,1-3H3. The van der Waals surface area contributed by atoms with Crippen LogP contribution < -0.4 is 5.73 Å². The van der Waals surface area contributed by atoms with E-state index < -0.39 is 16.9 Å². The number of hydrogen-bond acceptors (Lipinski definition) is 2. The van der Waals surface area contributed by atoms with E-state index >= 15 is 0 Å². The summed E-state index contributed by atoms with van der Waals surface area (Å²) in [6.07, 6.45) is 0.225. The average molecular weight is 193 g/mol. The Morgan fingerprint density at radius 1 is 1.46 bits per heavy atom. The molecule has 0 aromatic rings. The molecule has 1 aliphatic rings. The lowest BCUT2D eigenvalue weighted by Crippen LogP contribution is -2.33. The minimum atomic E-state index is -2.59. The highest BCUT2D eigenvalue weighted by Crippen LogP contribution is 2.63. The number of alkyl halides is 2. The Kier molecular flexibility index (Phi) is 2.41. The molecular formula is C9H17F2NO. The minimum Gasteiger partial charge on any atom is -0.379 e. The summed E-state index contributed by atoms with van der Waals surface area (Å²) in [5.41, 5.74) is 3.85. The minimum absolute atomic E-state index is 0.0345. The molecular weight excluding hydrogens is 176 g/mol. The normalized spacial score (nSPS) is 31.8. The Labute approximate surface area is 77.4 Å². The van der Waals surface area contributed by atoms with Gasteiger partial charge in [0.05, 0.1) is 11.0 Å². The van der Waals surface area contributed by atoms with Gasteiger partial charge in [-0.05, 0) is 20.3 Å². The van der Waals surface area contributed by atoms with Crippen molar-refractivity contribution in [2.45, 2.75) is 38.2 Å². The molecule has 0 aliphatic heterocycles. The van der Waals surface area contributed by atoms with Crippen molar-refractivity contribution in [3.8, 4) is 0 Å². The highest BCUT2D eigenvalue weighted by atomic mass is 19.3. The Bertz CT molecular complexity index is 206. The second-order valence-corrected chi connectivity index (χ2v) is 4.51. The first-order valence-corrected chi connectivity index (χ1v) is 4.42. The topological polar surface area (TPSA) is 35.2 Å². The van der Waals surface area contributed by atoms with Crippen LogP contribution in [0.5, 0.6) is 0 Å². The van der Waals surface area contributed by atoms with Crippen LogP contribution in [0.2, 0.25) is 0 Å². The maximum absolute atomic E-state index is 13.0. The quantitative estimate of drug-likeness (QED) is 0.738. The summed E-state index contributed by atoms with van der Waals surface area (Å²) in [7, 11) is 1.53. The van der Waals surface area contributed by atoms with Gasteiger partial charge in [0.2, 0.25) is 0 Å². The van der Waals surface area contributed by atoms with Crippen LogP contribution >= 0.6 is 0 Å².